The Morgan fingerprint density at radius 1 is 1.18 bits per heavy atom. The number of benzene rings is 1. The van der Waals surface area contributed by atoms with E-state index in [9.17, 15) is 4.79 Å². The predicted octanol–water partition coefficient (Wildman–Crippen LogP) is 5.77. The van der Waals surface area contributed by atoms with Crippen molar-refractivity contribution in [1.82, 2.24) is 0 Å². The van der Waals surface area contributed by atoms with Crippen molar-refractivity contribution in [2.45, 2.75) is 76.3 Å². The number of carbonyl (C=O) groups is 1. The number of carbonyl (C=O) groups excluding carboxylic acids is 1. The van der Waals surface area contributed by atoms with Crippen LogP contribution in [0.2, 0.25) is 18.1 Å². The number of ether oxygens (including phenoxy) is 2. The Kier molecular flexibility index (Phi) is 5.79. The summed E-state index contributed by atoms with van der Waals surface area (Å²) in [6.07, 6.45) is 5.98. The van der Waals surface area contributed by atoms with Crippen LogP contribution in [0.5, 0.6) is 0 Å². The lowest BCUT2D eigenvalue weighted by molar-refractivity contribution is -0.232. The Hall–Kier alpha value is -1.59. The lowest BCUT2D eigenvalue weighted by atomic mass is 9.71. The second-order valence-electron chi connectivity index (χ2n) is 9.59. The summed E-state index contributed by atoms with van der Waals surface area (Å²) in [7, 11) is -0.718. The Balaban J connectivity index is 2.09. The number of fused-ring (bicyclic) bond motifs is 1. The van der Waals surface area contributed by atoms with E-state index in [-0.39, 0.29) is 22.6 Å². The Morgan fingerprint density at radius 3 is 2.46 bits per heavy atom. The lowest BCUT2D eigenvalue weighted by Crippen LogP contribution is -2.58. The lowest BCUT2D eigenvalue weighted by Gasteiger charge is -2.53. The third-order valence-corrected chi connectivity index (χ3v) is 11.2. The fourth-order valence-corrected chi connectivity index (χ4v) is 5.63. The monoisotopic (exact) mass is 402 g/mol. The van der Waals surface area contributed by atoms with Gasteiger partial charge in [0.2, 0.25) is 11.5 Å². The average Bonchev–Trinajstić information content (AvgIpc) is 2.65. The van der Waals surface area contributed by atoms with E-state index in [1.165, 1.54) is 12.7 Å². The van der Waals surface area contributed by atoms with Gasteiger partial charge in [0.15, 0.2) is 8.32 Å². The van der Waals surface area contributed by atoms with Gasteiger partial charge in [0.05, 0.1) is 7.11 Å². The summed E-state index contributed by atoms with van der Waals surface area (Å²) in [6, 6.07) is 10.4. The third kappa shape index (κ3) is 3.92. The second-order valence-corrected chi connectivity index (χ2v) is 14.3. The van der Waals surface area contributed by atoms with E-state index in [0.29, 0.717) is 0 Å². The van der Waals surface area contributed by atoms with Gasteiger partial charge >= 0.3 is 5.97 Å². The van der Waals surface area contributed by atoms with Gasteiger partial charge in [-0.05, 0) is 42.6 Å². The highest BCUT2D eigenvalue weighted by molar-refractivity contribution is 6.74. The largest absolute Gasteiger partial charge is 0.463 e. The molecule has 0 radical (unpaired) electrons. The molecule has 3 rings (SSSR count). The topological polar surface area (TPSA) is 44.8 Å². The van der Waals surface area contributed by atoms with Gasteiger partial charge < -0.3 is 13.9 Å². The molecule has 0 spiro atoms. The molecule has 0 aromatic heterocycles. The zero-order valence-electron chi connectivity index (χ0n) is 18.1. The number of rotatable bonds is 4. The summed E-state index contributed by atoms with van der Waals surface area (Å²) in [4.78, 5) is 12.5. The molecule has 1 aliphatic heterocycles. The molecule has 0 amide bonds. The molecule has 1 saturated carbocycles. The van der Waals surface area contributed by atoms with E-state index in [1.807, 2.05) is 12.1 Å². The summed E-state index contributed by atoms with van der Waals surface area (Å²) in [5.74, 6) is -0.642. The van der Waals surface area contributed by atoms with Crippen molar-refractivity contribution in [3.63, 3.8) is 0 Å². The van der Waals surface area contributed by atoms with Crippen molar-refractivity contribution < 1.29 is 18.7 Å². The summed E-state index contributed by atoms with van der Waals surface area (Å²) in [5, 5.41) is 0.0575. The zero-order valence-corrected chi connectivity index (χ0v) is 19.1. The van der Waals surface area contributed by atoms with Crippen LogP contribution < -0.4 is 0 Å². The fourth-order valence-electron chi connectivity index (χ4n) is 4.17. The molecule has 1 heterocycles. The van der Waals surface area contributed by atoms with Crippen LogP contribution in [0.3, 0.4) is 0 Å². The minimum absolute atomic E-state index is 0.0575. The summed E-state index contributed by atoms with van der Waals surface area (Å²) in [6.45, 7) is 11.2. The highest BCUT2D eigenvalue weighted by Crippen LogP contribution is 2.53. The van der Waals surface area contributed by atoms with Gasteiger partial charge in [0.25, 0.3) is 0 Å². The van der Waals surface area contributed by atoms with Crippen molar-refractivity contribution >= 4 is 14.3 Å². The van der Waals surface area contributed by atoms with Crippen molar-refractivity contribution in [1.29, 1.82) is 0 Å². The first-order valence-electron chi connectivity index (χ1n) is 10.3. The molecule has 1 fully saturated rings. The van der Waals surface area contributed by atoms with Crippen molar-refractivity contribution in [2.24, 2.45) is 5.92 Å². The van der Waals surface area contributed by atoms with E-state index in [1.54, 1.807) is 0 Å². The predicted molar refractivity (Wildman–Crippen MR) is 113 cm³/mol. The van der Waals surface area contributed by atoms with E-state index in [2.05, 4.69) is 58.1 Å². The van der Waals surface area contributed by atoms with Crippen molar-refractivity contribution in [2.75, 3.05) is 7.11 Å². The standard InChI is InChI=1S/C23H34O4Si/c1-22(2,3)28(5,6)27-23-15-11-10-14-19(23)18(17-12-8-7-9-13-17)16-20(26-23)21(24)25-4/h7-9,12-13,16,18-19H,10-11,14-15H2,1-6H3. The molecule has 3 atom stereocenters. The Morgan fingerprint density at radius 2 is 1.86 bits per heavy atom. The van der Waals surface area contributed by atoms with Gasteiger partial charge in [-0.3, -0.25) is 0 Å². The van der Waals surface area contributed by atoms with Gasteiger partial charge in [0, 0.05) is 18.3 Å². The molecule has 3 unspecified atom stereocenters. The van der Waals surface area contributed by atoms with Gasteiger partial charge in [-0.2, -0.15) is 0 Å². The van der Waals surface area contributed by atoms with Crippen LogP contribution in [0.1, 0.15) is 57.9 Å². The smallest absolute Gasteiger partial charge is 0.373 e. The van der Waals surface area contributed by atoms with Crippen molar-refractivity contribution in [3.05, 3.63) is 47.7 Å². The molecule has 1 aromatic rings. The number of esters is 1. The van der Waals surface area contributed by atoms with Crippen LogP contribution in [0, 0.1) is 5.92 Å². The summed E-state index contributed by atoms with van der Waals surface area (Å²) >= 11 is 0. The van der Waals surface area contributed by atoms with Gasteiger partial charge in [-0.25, -0.2) is 4.79 Å². The first kappa shape index (κ1) is 21.1. The minimum Gasteiger partial charge on any atom is -0.463 e. The zero-order chi connectivity index (χ0) is 20.6. The summed E-state index contributed by atoms with van der Waals surface area (Å²) < 4.78 is 18.4. The molecule has 4 nitrogen and oxygen atoms in total. The highest BCUT2D eigenvalue weighted by atomic mass is 28.4. The third-order valence-electron chi connectivity index (χ3n) is 6.71. The van der Waals surface area contributed by atoms with Crippen LogP contribution in [0.4, 0.5) is 0 Å². The SMILES string of the molecule is COC(=O)C1=CC(c2ccccc2)C2CCCCC2(O[Si](C)(C)C(C)(C)C)O1. The quantitative estimate of drug-likeness (QED) is 0.474. The Labute approximate surface area is 170 Å². The van der Waals surface area contributed by atoms with E-state index < -0.39 is 20.1 Å². The van der Waals surface area contributed by atoms with Crippen LogP contribution in [-0.2, 0) is 18.7 Å². The molecular weight excluding hydrogens is 368 g/mol. The molecule has 2 aliphatic rings. The number of hydrogen-bond acceptors (Lipinski definition) is 4. The molecule has 5 heteroatoms. The first-order chi connectivity index (χ1) is 13.1. The first-order valence-corrected chi connectivity index (χ1v) is 13.2. The van der Waals surface area contributed by atoms with Crippen molar-refractivity contribution in [3.8, 4) is 0 Å². The summed E-state index contributed by atoms with van der Waals surface area (Å²) in [5.41, 5.74) is 1.20. The molecule has 154 valence electrons. The van der Waals surface area contributed by atoms with Crippen LogP contribution in [0.25, 0.3) is 0 Å². The van der Waals surface area contributed by atoms with Crippen LogP contribution in [-0.4, -0.2) is 27.2 Å². The van der Waals surface area contributed by atoms with E-state index in [0.717, 1.165) is 25.7 Å². The molecule has 28 heavy (non-hydrogen) atoms. The second kappa shape index (κ2) is 7.67. The molecule has 0 N–H and O–H groups in total. The molecule has 0 saturated heterocycles. The Bertz CT molecular complexity index is 735. The van der Waals surface area contributed by atoms with E-state index >= 15 is 0 Å². The molecular formula is C23H34O4Si. The average molecular weight is 403 g/mol. The maximum absolute atomic E-state index is 12.5. The minimum atomic E-state index is -2.12. The fraction of sp³-hybridized carbons (Fsp3) is 0.609. The number of hydrogen-bond donors (Lipinski definition) is 0. The molecule has 1 aromatic carbocycles. The van der Waals surface area contributed by atoms with Crippen LogP contribution in [0.15, 0.2) is 42.2 Å². The highest BCUT2D eigenvalue weighted by Gasteiger charge is 2.55. The number of allylic oxidation sites excluding steroid dienone is 1. The molecule has 1 aliphatic carbocycles. The maximum atomic E-state index is 12.5. The van der Waals surface area contributed by atoms with Crippen LogP contribution >= 0.6 is 0 Å². The van der Waals surface area contributed by atoms with E-state index in [4.69, 9.17) is 13.9 Å². The maximum Gasteiger partial charge on any atom is 0.373 e. The van der Waals surface area contributed by atoms with Gasteiger partial charge in [0.1, 0.15) is 0 Å². The van der Waals surface area contributed by atoms with Gasteiger partial charge in [-0.15, -0.1) is 0 Å². The normalized spacial score (nSPS) is 28.0. The van der Waals surface area contributed by atoms with Gasteiger partial charge in [-0.1, -0.05) is 57.5 Å². The number of methoxy groups -OCH3 is 1. The molecule has 0 bridgehead atoms.